The molecule has 7 nitrogen and oxygen atoms in total. The summed E-state index contributed by atoms with van der Waals surface area (Å²) in [6, 6.07) is 16.9. The van der Waals surface area contributed by atoms with Gasteiger partial charge in [-0.2, -0.15) is 0 Å². The summed E-state index contributed by atoms with van der Waals surface area (Å²) < 4.78 is 5.45. The average Bonchev–Trinajstić information content (AvgIpc) is 3.60. The Kier molecular flexibility index (Phi) is 6.41. The van der Waals surface area contributed by atoms with Crippen molar-refractivity contribution in [3.8, 4) is 0 Å². The van der Waals surface area contributed by atoms with Crippen LogP contribution in [0.2, 0.25) is 0 Å². The Morgan fingerprint density at radius 3 is 2.79 bits per heavy atom. The molecule has 0 saturated carbocycles. The minimum absolute atomic E-state index is 0.117. The quantitative estimate of drug-likeness (QED) is 0.287. The topological polar surface area (TPSA) is 88.2 Å². The number of ketones is 1. The molecule has 0 bridgehead atoms. The monoisotopic (exact) mass is 478 g/mol. The largest absolute Gasteiger partial charge is 0.445 e. The number of hydrogen-bond donors (Lipinski definition) is 1. The van der Waals surface area contributed by atoms with Gasteiger partial charge in [0.05, 0.1) is 16.7 Å². The molecule has 5 rings (SSSR count). The summed E-state index contributed by atoms with van der Waals surface area (Å²) in [5, 5.41) is 3.15. The van der Waals surface area contributed by atoms with Crippen LogP contribution in [0.1, 0.15) is 33.9 Å². The van der Waals surface area contributed by atoms with Crippen molar-refractivity contribution in [1.29, 1.82) is 0 Å². The first-order valence-electron chi connectivity index (χ1n) is 10.7. The number of hydrogen-bond acceptors (Lipinski definition) is 7. The number of nitrogens with one attached hydrogen (secondary N) is 1. The van der Waals surface area contributed by atoms with Crippen molar-refractivity contribution in [3.05, 3.63) is 76.2 Å². The minimum atomic E-state index is -0.518. The number of aromatic nitrogens is 3. The number of thiazole rings is 1. The van der Waals surface area contributed by atoms with E-state index >= 15 is 0 Å². The highest BCUT2D eigenvalue weighted by Gasteiger charge is 2.36. The molecule has 1 aliphatic rings. The lowest BCUT2D eigenvalue weighted by Gasteiger charge is -2.22. The number of amides is 1. The van der Waals surface area contributed by atoms with Crippen LogP contribution in [0, 0.1) is 0 Å². The van der Waals surface area contributed by atoms with Gasteiger partial charge in [-0.05, 0) is 30.5 Å². The lowest BCUT2D eigenvalue weighted by Crippen LogP contribution is -2.40. The lowest BCUT2D eigenvalue weighted by molar-refractivity contribution is 0.0737. The maximum Gasteiger partial charge on any atom is 0.410 e. The van der Waals surface area contributed by atoms with Crippen LogP contribution < -0.4 is 0 Å². The molecule has 3 heterocycles. The van der Waals surface area contributed by atoms with E-state index in [1.54, 1.807) is 11.8 Å². The first-order valence-corrected chi connectivity index (χ1v) is 12.6. The average molecular weight is 479 g/mol. The number of carbonyl (C=O) groups is 2. The van der Waals surface area contributed by atoms with Crippen LogP contribution in [0.3, 0.4) is 0 Å². The molecule has 1 unspecified atom stereocenters. The molecule has 0 aliphatic carbocycles. The summed E-state index contributed by atoms with van der Waals surface area (Å²) in [5.41, 5.74) is 3.66. The van der Waals surface area contributed by atoms with Crippen LogP contribution >= 0.6 is 23.1 Å². The number of Topliss-reactive ketones (excluding diaryl/α,β-unsaturated/α-hetero) is 1. The Labute approximate surface area is 199 Å². The number of carbonyl (C=O) groups excluding carboxylic acids is 2. The molecule has 0 spiro atoms. The predicted octanol–water partition coefficient (Wildman–Crippen LogP) is 5.30. The summed E-state index contributed by atoms with van der Waals surface area (Å²) in [6.07, 6.45) is 0.950. The van der Waals surface area contributed by atoms with Gasteiger partial charge in [0.25, 0.3) is 0 Å². The zero-order valence-corrected chi connectivity index (χ0v) is 19.4. The highest BCUT2D eigenvalue weighted by Crippen LogP contribution is 2.27. The summed E-state index contributed by atoms with van der Waals surface area (Å²) >= 11 is 2.87. The maximum absolute atomic E-state index is 13.1. The molecule has 2 aromatic carbocycles. The summed E-state index contributed by atoms with van der Waals surface area (Å²) in [6.45, 7) is 0.710. The van der Waals surface area contributed by atoms with Crippen LogP contribution in [0.25, 0.3) is 11.0 Å². The van der Waals surface area contributed by atoms with E-state index in [-0.39, 0.29) is 12.4 Å². The predicted molar refractivity (Wildman–Crippen MR) is 128 cm³/mol. The highest BCUT2D eigenvalue weighted by molar-refractivity contribution is 7.98. The second kappa shape index (κ2) is 9.76. The number of H-pyrrole nitrogens is 1. The van der Waals surface area contributed by atoms with Gasteiger partial charge in [-0.15, -0.1) is 11.3 Å². The molecule has 4 aromatic rings. The number of nitrogens with zero attached hydrogens (tertiary/aromatic N) is 3. The Bertz CT molecular complexity index is 1240. The molecule has 1 atom stereocenters. The van der Waals surface area contributed by atoms with Gasteiger partial charge in [0.15, 0.2) is 10.2 Å². The smallest absolute Gasteiger partial charge is 0.410 e. The van der Waals surface area contributed by atoms with Gasteiger partial charge in [0.1, 0.15) is 12.6 Å². The van der Waals surface area contributed by atoms with Crippen molar-refractivity contribution in [2.24, 2.45) is 0 Å². The maximum atomic E-state index is 13.1. The second-order valence-corrected chi connectivity index (χ2v) is 9.57. The second-order valence-electron chi connectivity index (χ2n) is 7.75. The van der Waals surface area contributed by atoms with E-state index in [9.17, 15) is 9.59 Å². The molecule has 0 radical (unpaired) electrons. The number of likely N-dealkylation sites (tertiary alicyclic amines) is 1. The van der Waals surface area contributed by atoms with E-state index in [0.717, 1.165) is 33.9 Å². The van der Waals surface area contributed by atoms with E-state index in [4.69, 9.17) is 4.74 Å². The molecular weight excluding hydrogens is 456 g/mol. The van der Waals surface area contributed by atoms with Crippen molar-refractivity contribution >= 4 is 46.0 Å². The number of para-hydroxylation sites is 2. The van der Waals surface area contributed by atoms with Crippen LogP contribution in [0.15, 0.2) is 65.1 Å². The van der Waals surface area contributed by atoms with Crippen molar-refractivity contribution < 1.29 is 14.3 Å². The van der Waals surface area contributed by atoms with Crippen LogP contribution in [-0.2, 0) is 17.1 Å². The molecule has 1 aliphatic heterocycles. The summed E-state index contributed by atoms with van der Waals surface area (Å²) in [5.74, 6) is 0.492. The van der Waals surface area contributed by atoms with Crippen molar-refractivity contribution in [3.63, 3.8) is 0 Å². The first kappa shape index (κ1) is 21.7. The number of aromatic amines is 1. The van der Waals surface area contributed by atoms with Crippen LogP contribution in [0.4, 0.5) is 4.79 Å². The number of ether oxygens (including phenoxy) is 1. The van der Waals surface area contributed by atoms with Gasteiger partial charge in [-0.1, -0.05) is 54.2 Å². The molecule has 168 valence electrons. The fourth-order valence-electron chi connectivity index (χ4n) is 3.83. The lowest BCUT2D eigenvalue weighted by atomic mass is 10.1. The number of imidazole rings is 1. The number of fused-ring (bicyclic) bond motifs is 1. The van der Waals surface area contributed by atoms with Crippen molar-refractivity contribution in [1.82, 2.24) is 19.9 Å². The molecular formula is C24H22N4O3S2. The Hall–Kier alpha value is -3.17. The molecule has 2 aromatic heterocycles. The van der Waals surface area contributed by atoms with E-state index in [1.807, 2.05) is 60.0 Å². The zero-order valence-electron chi connectivity index (χ0n) is 17.8. The van der Waals surface area contributed by atoms with Crippen molar-refractivity contribution in [2.75, 3.05) is 6.54 Å². The molecule has 1 saturated heterocycles. The molecule has 33 heavy (non-hydrogen) atoms. The van der Waals surface area contributed by atoms with E-state index in [0.29, 0.717) is 23.7 Å². The van der Waals surface area contributed by atoms with Gasteiger partial charge < -0.3 is 9.72 Å². The fraction of sp³-hybridized carbons (Fsp3) is 0.250. The third-order valence-electron chi connectivity index (χ3n) is 5.48. The van der Waals surface area contributed by atoms with Gasteiger partial charge in [0.2, 0.25) is 5.78 Å². The summed E-state index contributed by atoms with van der Waals surface area (Å²) in [7, 11) is 0. The van der Waals surface area contributed by atoms with E-state index in [1.165, 1.54) is 16.2 Å². The van der Waals surface area contributed by atoms with Gasteiger partial charge >= 0.3 is 6.09 Å². The Morgan fingerprint density at radius 1 is 1.12 bits per heavy atom. The third-order valence-corrected chi connectivity index (χ3v) is 7.29. The fourth-order valence-corrected chi connectivity index (χ4v) is 5.52. The first-order chi connectivity index (χ1) is 16.2. The summed E-state index contributed by atoms with van der Waals surface area (Å²) in [4.78, 5) is 39.7. The Morgan fingerprint density at radius 2 is 1.94 bits per heavy atom. The number of benzene rings is 2. The highest BCUT2D eigenvalue weighted by atomic mass is 32.2. The van der Waals surface area contributed by atoms with Gasteiger partial charge in [-0.25, -0.2) is 14.8 Å². The van der Waals surface area contributed by atoms with Gasteiger partial charge in [-0.3, -0.25) is 9.69 Å². The molecule has 9 heteroatoms. The molecule has 1 N–H and O–H groups in total. The third kappa shape index (κ3) is 4.94. The minimum Gasteiger partial charge on any atom is -0.445 e. The zero-order chi connectivity index (χ0) is 22.6. The Balaban J connectivity index is 1.19. The van der Waals surface area contributed by atoms with Crippen LogP contribution in [-0.4, -0.2) is 44.3 Å². The normalized spacial score (nSPS) is 15.8. The standard InChI is InChI=1S/C24H22N4O3S2/c29-21(20-11-6-12-28(20)24(30)31-13-16-7-2-1-3-8-16)22-25-17(14-32-22)15-33-23-26-18-9-4-5-10-19(18)27-23/h1-5,7-10,14,20H,6,11-13,15H2,(H,26,27). The number of thioether (sulfide) groups is 1. The van der Waals surface area contributed by atoms with Crippen LogP contribution in [0.5, 0.6) is 0 Å². The molecule has 1 amide bonds. The van der Waals surface area contributed by atoms with Gasteiger partial charge in [0, 0.05) is 17.7 Å². The number of rotatable bonds is 7. The molecule has 1 fully saturated rings. The van der Waals surface area contributed by atoms with E-state index in [2.05, 4.69) is 15.0 Å². The SMILES string of the molecule is O=C(c1nc(CSc2nc3ccccc3[nH]2)cs1)C1CCCN1C(=O)OCc1ccccc1. The van der Waals surface area contributed by atoms with Crippen molar-refractivity contribution in [2.45, 2.75) is 36.4 Å². The van der Waals surface area contributed by atoms with E-state index < -0.39 is 12.1 Å².